The molecular formula is C49H31N3. The molecule has 10 aromatic rings. The zero-order chi connectivity index (χ0) is 34.4. The van der Waals surface area contributed by atoms with E-state index in [2.05, 4.69) is 170 Å². The molecule has 3 aromatic heterocycles. The Bertz CT molecular complexity index is 2940. The number of hydrogen-bond acceptors (Lipinski definition) is 3. The molecule has 3 heteroatoms. The van der Waals surface area contributed by atoms with Crippen molar-refractivity contribution in [3.8, 4) is 56.0 Å². The smallest absolute Gasteiger partial charge is 0.0972 e. The van der Waals surface area contributed by atoms with Crippen LogP contribution in [0.2, 0.25) is 0 Å². The predicted octanol–water partition coefficient (Wildman–Crippen LogP) is 12.8. The fraction of sp³-hybridized carbons (Fsp3) is 0. The van der Waals surface area contributed by atoms with Crippen molar-refractivity contribution in [2.24, 2.45) is 0 Å². The largest absolute Gasteiger partial charge is 0.247 e. The highest BCUT2D eigenvalue weighted by molar-refractivity contribution is 6.18. The summed E-state index contributed by atoms with van der Waals surface area (Å²) >= 11 is 0. The fourth-order valence-corrected chi connectivity index (χ4v) is 7.54. The zero-order valence-corrected chi connectivity index (χ0v) is 28.2. The molecule has 0 unspecified atom stereocenters. The average Bonchev–Trinajstić information content (AvgIpc) is 3.23. The molecule has 10 rings (SSSR count). The maximum Gasteiger partial charge on any atom is 0.0972 e. The molecule has 0 radical (unpaired) electrons. The molecule has 0 N–H and O–H groups in total. The summed E-state index contributed by atoms with van der Waals surface area (Å²) in [5.41, 5.74) is 13.4. The Morgan fingerprint density at radius 2 is 0.827 bits per heavy atom. The summed E-state index contributed by atoms with van der Waals surface area (Å²) in [4.78, 5) is 15.9. The molecular weight excluding hydrogens is 631 g/mol. The van der Waals surface area contributed by atoms with Crippen LogP contribution >= 0.6 is 0 Å². The van der Waals surface area contributed by atoms with Crippen molar-refractivity contribution in [2.75, 3.05) is 0 Å². The van der Waals surface area contributed by atoms with Crippen molar-refractivity contribution in [3.05, 3.63) is 188 Å². The average molecular weight is 662 g/mol. The highest BCUT2D eigenvalue weighted by Gasteiger charge is 2.18. The maximum absolute atomic E-state index is 5.50. The van der Waals surface area contributed by atoms with Crippen LogP contribution in [0, 0.1) is 0 Å². The van der Waals surface area contributed by atoms with Crippen LogP contribution in [0.5, 0.6) is 0 Å². The van der Waals surface area contributed by atoms with Crippen molar-refractivity contribution in [3.63, 3.8) is 0 Å². The second-order valence-electron chi connectivity index (χ2n) is 13.2. The van der Waals surface area contributed by atoms with Gasteiger partial charge in [-0.1, -0.05) is 170 Å². The Balaban J connectivity index is 1.21. The van der Waals surface area contributed by atoms with E-state index in [9.17, 15) is 0 Å². The summed E-state index contributed by atoms with van der Waals surface area (Å²) in [5.74, 6) is 0. The normalized spacial score (nSPS) is 11.5. The van der Waals surface area contributed by atoms with E-state index in [0.29, 0.717) is 0 Å². The molecule has 3 heterocycles. The number of nitrogens with zero attached hydrogens (tertiary/aromatic N) is 3. The van der Waals surface area contributed by atoms with Gasteiger partial charge >= 0.3 is 0 Å². The van der Waals surface area contributed by atoms with Gasteiger partial charge in [-0.15, -0.1) is 0 Å². The summed E-state index contributed by atoms with van der Waals surface area (Å²) < 4.78 is 0. The molecule has 242 valence electrons. The van der Waals surface area contributed by atoms with E-state index >= 15 is 0 Å². The topological polar surface area (TPSA) is 38.7 Å². The first kappa shape index (κ1) is 29.9. The number of rotatable bonds is 5. The lowest BCUT2D eigenvalue weighted by molar-refractivity contribution is 1.36. The third-order valence-corrected chi connectivity index (χ3v) is 10.1. The summed E-state index contributed by atoms with van der Waals surface area (Å²) in [6, 6.07) is 66.1. The van der Waals surface area contributed by atoms with Gasteiger partial charge in [-0.2, -0.15) is 0 Å². The van der Waals surface area contributed by atoms with Crippen molar-refractivity contribution < 1.29 is 0 Å². The lowest BCUT2D eigenvalue weighted by Gasteiger charge is -2.17. The van der Waals surface area contributed by atoms with Crippen LogP contribution in [0.25, 0.3) is 99.5 Å². The Hall–Kier alpha value is -6.97. The molecule has 0 saturated heterocycles. The molecule has 0 aliphatic carbocycles. The van der Waals surface area contributed by atoms with Crippen LogP contribution in [-0.2, 0) is 0 Å². The maximum atomic E-state index is 5.50. The number of pyridine rings is 3. The molecule has 0 aliphatic heterocycles. The summed E-state index contributed by atoms with van der Waals surface area (Å²) in [6.07, 6.45) is 0. The Kier molecular flexibility index (Phi) is 7.14. The van der Waals surface area contributed by atoms with Crippen LogP contribution in [-0.4, -0.2) is 15.0 Å². The summed E-state index contributed by atoms with van der Waals surface area (Å²) in [7, 11) is 0. The molecule has 0 bridgehead atoms. The van der Waals surface area contributed by atoms with Gasteiger partial charge in [0, 0.05) is 43.6 Å². The third kappa shape index (κ3) is 5.10. The van der Waals surface area contributed by atoms with Gasteiger partial charge in [-0.3, -0.25) is 0 Å². The van der Waals surface area contributed by atoms with Crippen LogP contribution in [0.15, 0.2) is 188 Å². The standard InChI is InChI=1S/C49H31N3/c1-4-13-32(14-5-1)38-19-10-11-20-40(38)49-42-22-12-21-39(33-15-6-2-7-16-33)46(42)41-28-25-37(31-45(41)52-49)44-30-27-36-24-23-35-26-29-43(34-17-8-3-9-18-34)50-47(35)48(36)51-44/h1-31H. The quantitative estimate of drug-likeness (QED) is 0.172. The Labute approximate surface area is 301 Å². The minimum Gasteiger partial charge on any atom is -0.247 e. The van der Waals surface area contributed by atoms with Gasteiger partial charge < -0.3 is 0 Å². The van der Waals surface area contributed by atoms with Crippen molar-refractivity contribution in [1.82, 2.24) is 15.0 Å². The summed E-state index contributed by atoms with van der Waals surface area (Å²) in [6.45, 7) is 0. The summed E-state index contributed by atoms with van der Waals surface area (Å²) in [5, 5.41) is 5.56. The molecule has 0 spiro atoms. The number of hydrogen-bond donors (Lipinski definition) is 0. The van der Waals surface area contributed by atoms with Crippen LogP contribution in [0.1, 0.15) is 0 Å². The minimum absolute atomic E-state index is 0.887. The third-order valence-electron chi connectivity index (χ3n) is 10.1. The highest BCUT2D eigenvalue weighted by atomic mass is 14.8. The zero-order valence-electron chi connectivity index (χ0n) is 28.2. The second kappa shape index (κ2) is 12.4. The van der Waals surface area contributed by atoms with Gasteiger partial charge in [0.2, 0.25) is 0 Å². The molecule has 52 heavy (non-hydrogen) atoms. The van der Waals surface area contributed by atoms with Crippen LogP contribution < -0.4 is 0 Å². The van der Waals surface area contributed by atoms with E-state index in [1.165, 1.54) is 16.5 Å². The minimum atomic E-state index is 0.887. The molecule has 0 saturated carbocycles. The van der Waals surface area contributed by atoms with Crippen molar-refractivity contribution in [2.45, 2.75) is 0 Å². The van der Waals surface area contributed by atoms with Gasteiger partial charge in [0.1, 0.15) is 0 Å². The molecule has 0 aliphatic rings. The van der Waals surface area contributed by atoms with Gasteiger partial charge in [0.25, 0.3) is 0 Å². The lowest BCUT2D eigenvalue weighted by Crippen LogP contribution is -1.95. The number of fused-ring (bicyclic) bond motifs is 6. The number of aromatic nitrogens is 3. The Morgan fingerprint density at radius 3 is 1.48 bits per heavy atom. The monoisotopic (exact) mass is 661 g/mol. The molecule has 7 aromatic carbocycles. The first-order valence-electron chi connectivity index (χ1n) is 17.6. The van der Waals surface area contributed by atoms with E-state index in [4.69, 9.17) is 15.0 Å². The van der Waals surface area contributed by atoms with Crippen LogP contribution in [0.3, 0.4) is 0 Å². The van der Waals surface area contributed by atoms with Crippen molar-refractivity contribution >= 4 is 43.5 Å². The molecule has 0 atom stereocenters. The Morgan fingerprint density at radius 1 is 0.308 bits per heavy atom. The van der Waals surface area contributed by atoms with E-state index in [1.807, 2.05) is 18.2 Å². The van der Waals surface area contributed by atoms with Gasteiger partial charge in [-0.05, 0) is 40.5 Å². The van der Waals surface area contributed by atoms with E-state index in [1.54, 1.807) is 0 Å². The van der Waals surface area contributed by atoms with Gasteiger partial charge in [0.15, 0.2) is 0 Å². The molecule has 0 amide bonds. The fourth-order valence-electron chi connectivity index (χ4n) is 7.54. The van der Waals surface area contributed by atoms with Gasteiger partial charge in [-0.25, -0.2) is 15.0 Å². The predicted molar refractivity (Wildman–Crippen MR) is 217 cm³/mol. The first-order chi connectivity index (χ1) is 25.8. The van der Waals surface area contributed by atoms with Gasteiger partial charge in [0.05, 0.1) is 33.6 Å². The van der Waals surface area contributed by atoms with E-state index < -0.39 is 0 Å². The van der Waals surface area contributed by atoms with E-state index in [0.717, 1.165) is 83.0 Å². The van der Waals surface area contributed by atoms with Crippen LogP contribution in [0.4, 0.5) is 0 Å². The molecule has 0 fully saturated rings. The highest BCUT2D eigenvalue weighted by Crippen LogP contribution is 2.42. The number of benzene rings is 7. The first-order valence-corrected chi connectivity index (χ1v) is 17.6. The second-order valence-corrected chi connectivity index (χ2v) is 13.2. The lowest BCUT2D eigenvalue weighted by atomic mass is 9.90. The van der Waals surface area contributed by atoms with E-state index in [-0.39, 0.29) is 0 Å². The van der Waals surface area contributed by atoms with Crippen molar-refractivity contribution in [1.29, 1.82) is 0 Å². The SMILES string of the molecule is c1ccc(-c2ccc3ccc4ccc(-c5ccc6c(c5)nc(-c5ccccc5-c5ccccc5)c5cccc(-c7ccccc7)c56)nc4c3n2)cc1. The molecule has 3 nitrogen and oxygen atoms in total.